The highest BCUT2D eigenvalue weighted by molar-refractivity contribution is 5.63. The van der Waals surface area contributed by atoms with E-state index in [1.165, 1.54) is 22.3 Å². The van der Waals surface area contributed by atoms with Crippen molar-refractivity contribution in [1.82, 2.24) is 0 Å². The third kappa shape index (κ3) is 2.36. The number of rotatable bonds is 2. The summed E-state index contributed by atoms with van der Waals surface area (Å²) in [5.41, 5.74) is 5.55. The zero-order chi connectivity index (χ0) is 12.5. The molecule has 0 radical (unpaired) electrons. The predicted molar refractivity (Wildman–Crippen MR) is 68.7 cm³/mol. The van der Waals surface area contributed by atoms with E-state index in [1.54, 1.807) is 0 Å². The first-order valence-electron chi connectivity index (χ1n) is 5.55. The third-order valence-corrected chi connectivity index (χ3v) is 3.08. The van der Waals surface area contributed by atoms with Crippen LogP contribution < -0.4 is 5.32 Å². The molecule has 0 fully saturated rings. The normalized spacial score (nSPS) is 11.1. The molecular weight excluding hydrogens is 196 g/mol. The smallest absolute Gasteiger partial charge is 0.119 e. The van der Waals surface area contributed by atoms with Crippen LogP contribution in [0, 0.1) is 39.0 Å². The van der Waals surface area contributed by atoms with E-state index in [2.05, 4.69) is 45.1 Å². The summed E-state index contributed by atoms with van der Waals surface area (Å²) < 4.78 is 0. The molecule has 0 aliphatic heterocycles. The number of hydrogen-bond acceptors (Lipinski definition) is 2. The molecule has 1 aromatic carbocycles. The fraction of sp³-hybridized carbons (Fsp3) is 0.500. The van der Waals surface area contributed by atoms with Crippen LogP contribution >= 0.6 is 0 Å². The van der Waals surface area contributed by atoms with Crippen LogP contribution in [0.3, 0.4) is 0 Å². The van der Waals surface area contributed by atoms with Gasteiger partial charge in [-0.1, -0.05) is 6.07 Å². The summed E-state index contributed by atoms with van der Waals surface area (Å²) in [6, 6.07) is 4.46. The summed E-state index contributed by atoms with van der Waals surface area (Å²) in [5, 5.41) is 12.4. The van der Waals surface area contributed by atoms with Gasteiger partial charge in [0.2, 0.25) is 0 Å². The molecule has 0 bridgehead atoms. The molecular formula is C14H20N2. The van der Waals surface area contributed by atoms with Crippen LogP contribution in [-0.4, -0.2) is 5.54 Å². The van der Waals surface area contributed by atoms with E-state index in [0.717, 1.165) is 5.69 Å². The molecule has 0 saturated heterocycles. The van der Waals surface area contributed by atoms with Gasteiger partial charge in [0, 0.05) is 5.69 Å². The molecule has 86 valence electrons. The molecule has 0 aliphatic carbocycles. The van der Waals surface area contributed by atoms with Crippen molar-refractivity contribution >= 4 is 5.69 Å². The maximum absolute atomic E-state index is 9.06. The maximum Gasteiger partial charge on any atom is 0.119 e. The molecule has 1 rings (SSSR count). The number of benzene rings is 1. The SMILES string of the molecule is Cc1cc(C)c(C)c(NC(C)(C)C#N)c1C. The lowest BCUT2D eigenvalue weighted by atomic mass is 9.96. The first-order valence-corrected chi connectivity index (χ1v) is 5.55. The fourth-order valence-corrected chi connectivity index (χ4v) is 1.74. The minimum absolute atomic E-state index is 0.532. The van der Waals surface area contributed by atoms with Gasteiger partial charge in [0.1, 0.15) is 5.54 Å². The summed E-state index contributed by atoms with van der Waals surface area (Å²) in [6.45, 7) is 12.2. The Morgan fingerprint density at radius 1 is 1.06 bits per heavy atom. The Kier molecular flexibility index (Phi) is 3.28. The molecule has 2 nitrogen and oxygen atoms in total. The number of aryl methyl sites for hydroxylation is 2. The van der Waals surface area contributed by atoms with E-state index in [4.69, 9.17) is 5.26 Å². The van der Waals surface area contributed by atoms with Crippen LogP contribution in [0.1, 0.15) is 36.1 Å². The lowest BCUT2D eigenvalue weighted by molar-refractivity contribution is 0.726. The van der Waals surface area contributed by atoms with Gasteiger partial charge in [0.25, 0.3) is 0 Å². The summed E-state index contributed by atoms with van der Waals surface area (Å²) in [4.78, 5) is 0. The third-order valence-electron chi connectivity index (χ3n) is 3.08. The Morgan fingerprint density at radius 2 is 1.50 bits per heavy atom. The van der Waals surface area contributed by atoms with Gasteiger partial charge in [-0.3, -0.25) is 0 Å². The van der Waals surface area contributed by atoms with E-state index in [-0.39, 0.29) is 0 Å². The first-order chi connectivity index (χ1) is 7.28. The zero-order valence-corrected chi connectivity index (χ0v) is 11.0. The van der Waals surface area contributed by atoms with Gasteiger partial charge in [-0.15, -0.1) is 0 Å². The number of anilines is 1. The molecule has 2 heteroatoms. The van der Waals surface area contributed by atoms with Crippen LogP contribution in [0.5, 0.6) is 0 Å². The van der Waals surface area contributed by atoms with Crippen molar-refractivity contribution in [3.05, 3.63) is 28.3 Å². The van der Waals surface area contributed by atoms with Crippen LogP contribution in [-0.2, 0) is 0 Å². The molecule has 0 heterocycles. The Hall–Kier alpha value is -1.49. The quantitative estimate of drug-likeness (QED) is 0.819. The van der Waals surface area contributed by atoms with E-state index >= 15 is 0 Å². The molecule has 16 heavy (non-hydrogen) atoms. The fourth-order valence-electron chi connectivity index (χ4n) is 1.74. The van der Waals surface area contributed by atoms with Gasteiger partial charge < -0.3 is 5.32 Å². The zero-order valence-electron chi connectivity index (χ0n) is 11.0. The second-order valence-electron chi connectivity index (χ2n) is 5.00. The molecule has 0 amide bonds. The number of nitrogens with zero attached hydrogens (tertiary/aromatic N) is 1. The van der Waals surface area contributed by atoms with E-state index in [0.29, 0.717) is 0 Å². The average molecular weight is 216 g/mol. The van der Waals surface area contributed by atoms with Crippen LogP contribution in [0.15, 0.2) is 6.07 Å². The van der Waals surface area contributed by atoms with Crippen molar-refractivity contribution in [3.63, 3.8) is 0 Å². The Morgan fingerprint density at radius 3 is 1.88 bits per heavy atom. The summed E-state index contributed by atoms with van der Waals surface area (Å²) >= 11 is 0. The molecule has 0 aliphatic rings. The van der Waals surface area contributed by atoms with Gasteiger partial charge >= 0.3 is 0 Å². The predicted octanol–water partition coefficient (Wildman–Crippen LogP) is 3.63. The lowest BCUT2D eigenvalue weighted by Crippen LogP contribution is -2.29. The average Bonchev–Trinajstić information content (AvgIpc) is 2.22. The van der Waals surface area contributed by atoms with Crippen molar-refractivity contribution < 1.29 is 0 Å². The second kappa shape index (κ2) is 4.17. The van der Waals surface area contributed by atoms with Crippen molar-refractivity contribution in [2.45, 2.75) is 47.1 Å². The van der Waals surface area contributed by atoms with E-state index in [9.17, 15) is 0 Å². The second-order valence-corrected chi connectivity index (χ2v) is 5.00. The van der Waals surface area contributed by atoms with Crippen molar-refractivity contribution in [2.24, 2.45) is 0 Å². The highest BCUT2D eigenvalue weighted by atomic mass is 15.0. The molecule has 1 N–H and O–H groups in total. The molecule has 0 aromatic heterocycles. The van der Waals surface area contributed by atoms with Crippen LogP contribution in [0.4, 0.5) is 5.69 Å². The Labute approximate surface area is 98.3 Å². The molecule has 0 atom stereocenters. The van der Waals surface area contributed by atoms with Gasteiger partial charge in [-0.25, -0.2) is 0 Å². The van der Waals surface area contributed by atoms with Gasteiger partial charge in [-0.2, -0.15) is 5.26 Å². The standard InChI is InChI=1S/C14H20N2/c1-9-7-10(2)12(4)13(11(9)3)16-14(5,6)8-15/h7,16H,1-6H3. The van der Waals surface area contributed by atoms with Gasteiger partial charge in [0.05, 0.1) is 6.07 Å². The minimum Gasteiger partial charge on any atom is -0.367 e. The Bertz CT molecular complexity index is 425. The van der Waals surface area contributed by atoms with E-state index in [1.807, 2.05) is 13.8 Å². The van der Waals surface area contributed by atoms with Crippen molar-refractivity contribution in [1.29, 1.82) is 5.26 Å². The van der Waals surface area contributed by atoms with Gasteiger partial charge in [-0.05, 0) is 63.8 Å². The van der Waals surface area contributed by atoms with Gasteiger partial charge in [0.15, 0.2) is 0 Å². The summed E-state index contributed by atoms with van der Waals surface area (Å²) in [5.74, 6) is 0. The van der Waals surface area contributed by atoms with Crippen LogP contribution in [0.2, 0.25) is 0 Å². The largest absolute Gasteiger partial charge is 0.367 e. The number of nitrogens with one attached hydrogen (secondary N) is 1. The first kappa shape index (κ1) is 12.6. The van der Waals surface area contributed by atoms with Crippen LogP contribution in [0.25, 0.3) is 0 Å². The molecule has 0 spiro atoms. The Balaban J connectivity index is 3.29. The number of hydrogen-bond donors (Lipinski definition) is 1. The molecule has 0 saturated carbocycles. The summed E-state index contributed by atoms with van der Waals surface area (Å²) in [6.07, 6.45) is 0. The molecule has 1 aromatic rings. The van der Waals surface area contributed by atoms with Crippen molar-refractivity contribution in [3.8, 4) is 6.07 Å². The lowest BCUT2D eigenvalue weighted by Gasteiger charge is -2.24. The maximum atomic E-state index is 9.06. The molecule has 0 unspecified atom stereocenters. The van der Waals surface area contributed by atoms with E-state index < -0.39 is 5.54 Å². The highest BCUT2D eigenvalue weighted by Gasteiger charge is 2.19. The van der Waals surface area contributed by atoms with Crippen molar-refractivity contribution in [2.75, 3.05) is 5.32 Å². The number of nitriles is 1. The monoisotopic (exact) mass is 216 g/mol. The topological polar surface area (TPSA) is 35.8 Å². The minimum atomic E-state index is -0.532. The highest BCUT2D eigenvalue weighted by Crippen LogP contribution is 2.28. The summed E-state index contributed by atoms with van der Waals surface area (Å²) in [7, 11) is 0.